The molecule has 2 aromatic rings. The zero-order valence-electron chi connectivity index (χ0n) is 13.6. The summed E-state index contributed by atoms with van der Waals surface area (Å²) in [7, 11) is 1.56. The number of hydrogen-bond donors (Lipinski definition) is 0. The number of halogens is 2. The number of benzene rings is 1. The molecule has 0 radical (unpaired) electrons. The van der Waals surface area contributed by atoms with E-state index in [2.05, 4.69) is 25.9 Å². The van der Waals surface area contributed by atoms with Crippen molar-refractivity contribution in [2.24, 2.45) is 0 Å². The molecule has 0 aliphatic carbocycles. The van der Waals surface area contributed by atoms with E-state index < -0.39 is 5.82 Å². The molecule has 0 bridgehead atoms. The Bertz CT molecular complexity index is 757. The Hall–Kier alpha value is -2.22. The Morgan fingerprint density at radius 2 is 2.12 bits per heavy atom. The average molecular weight is 410 g/mol. The molecule has 25 heavy (non-hydrogen) atoms. The summed E-state index contributed by atoms with van der Waals surface area (Å²) >= 11 is 3.41. The molecule has 1 aromatic heterocycles. The van der Waals surface area contributed by atoms with Crippen molar-refractivity contribution in [2.75, 3.05) is 20.2 Å². The number of carbonyl (C=O) groups excluding carboxylic acids is 1. The molecule has 1 saturated heterocycles. The average Bonchev–Trinajstić information content (AvgIpc) is 2.64. The Morgan fingerprint density at radius 1 is 1.36 bits per heavy atom. The monoisotopic (exact) mass is 409 g/mol. The van der Waals surface area contributed by atoms with Gasteiger partial charge >= 0.3 is 6.01 Å². The molecule has 2 heterocycles. The first kappa shape index (κ1) is 17.6. The van der Waals surface area contributed by atoms with Gasteiger partial charge in [0.15, 0.2) is 5.82 Å². The standard InChI is InChI=1S/C17H17BrFN3O3/c1-24-12-4-5-15(18)14(7-12)16(23)22-6-2-3-13(10-22)25-17-20-8-11(19)9-21-17/h4-5,7-9,13H,2-3,6,10H2,1H3. The predicted octanol–water partition coefficient (Wildman–Crippen LogP) is 3.07. The first-order valence-electron chi connectivity index (χ1n) is 7.84. The maximum Gasteiger partial charge on any atom is 0.316 e. The molecule has 0 spiro atoms. The fourth-order valence-corrected chi connectivity index (χ4v) is 3.11. The van der Waals surface area contributed by atoms with Gasteiger partial charge in [0, 0.05) is 11.0 Å². The second-order valence-corrected chi connectivity index (χ2v) is 6.52. The quantitative estimate of drug-likeness (QED) is 0.776. The maximum absolute atomic E-state index is 12.9. The minimum atomic E-state index is -0.518. The zero-order chi connectivity index (χ0) is 17.8. The van der Waals surface area contributed by atoms with Gasteiger partial charge < -0.3 is 14.4 Å². The van der Waals surface area contributed by atoms with Crippen LogP contribution in [-0.4, -0.2) is 47.1 Å². The van der Waals surface area contributed by atoms with E-state index in [4.69, 9.17) is 9.47 Å². The van der Waals surface area contributed by atoms with Gasteiger partial charge in [-0.3, -0.25) is 4.79 Å². The smallest absolute Gasteiger partial charge is 0.316 e. The second kappa shape index (κ2) is 7.77. The van der Waals surface area contributed by atoms with Gasteiger partial charge in [-0.25, -0.2) is 14.4 Å². The molecule has 6 nitrogen and oxygen atoms in total. The second-order valence-electron chi connectivity index (χ2n) is 5.66. The molecule has 1 atom stereocenters. The Morgan fingerprint density at radius 3 is 2.84 bits per heavy atom. The van der Waals surface area contributed by atoms with Gasteiger partial charge in [-0.05, 0) is 47.0 Å². The molecular formula is C17H17BrFN3O3. The van der Waals surface area contributed by atoms with Crippen LogP contribution in [0.2, 0.25) is 0 Å². The van der Waals surface area contributed by atoms with Crippen molar-refractivity contribution >= 4 is 21.8 Å². The summed E-state index contributed by atoms with van der Waals surface area (Å²) in [5.41, 5.74) is 0.540. The highest BCUT2D eigenvalue weighted by molar-refractivity contribution is 9.10. The van der Waals surface area contributed by atoms with Crippen molar-refractivity contribution in [1.82, 2.24) is 14.9 Å². The van der Waals surface area contributed by atoms with Gasteiger partial charge in [0.05, 0.1) is 31.6 Å². The van der Waals surface area contributed by atoms with E-state index >= 15 is 0 Å². The number of carbonyl (C=O) groups is 1. The number of nitrogens with zero attached hydrogens (tertiary/aromatic N) is 3. The first-order chi connectivity index (χ1) is 12.1. The van der Waals surface area contributed by atoms with Crippen LogP contribution in [0.3, 0.4) is 0 Å². The summed E-state index contributed by atoms with van der Waals surface area (Å²) in [5, 5.41) is 0. The van der Waals surface area contributed by atoms with Crippen molar-refractivity contribution in [3.8, 4) is 11.8 Å². The molecule has 1 aliphatic rings. The number of rotatable bonds is 4. The number of likely N-dealkylation sites (tertiary alicyclic amines) is 1. The fraction of sp³-hybridized carbons (Fsp3) is 0.353. The molecule has 0 N–H and O–H groups in total. The van der Waals surface area contributed by atoms with E-state index in [-0.39, 0.29) is 18.0 Å². The van der Waals surface area contributed by atoms with Crippen LogP contribution in [0, 0.1) is 5.82 Å². The molecule has 8 heteroatoms. The minimum absolute atomic E-state index is 0.0981. The number of ether oxygens (including phenoxy) is 2. The Kier molecular flexibility index (Phi) is 5.47. The summed E-state index contributed by atoms with van der Waals surface area (Å²) in [6.45, 7) is 1.07. The molecule has 1 unspecified atom stereocenters. The third kappa shape index (κ3) is 4.25. The van der Waals surface area contributed by atoms with Crippen LogP contribution in [0.15, 0.2) is 35.1 Å². The van der Waals surface area contributed by atoms with E-state index in [0.717, 1.165) is 25.2 Å². The summed E-state index contributed by atoms with van der Waals surface area (Å²) in [5.74, 6) is 0.00541. The summed E-state index contributed by atoms with van der Waals surface area (Å²) in [6.07, 6.45) is 3.47. The number of aromatic nitrogens is 2. The van der Waals surface area contributed by atoms with Crippen molar-refractivity contribution in [1.29, 1.82) is 0 Å². The third-order valence-electron chi connectivity index (χ3n) is 3.94. The number of piperidine rings is 1. The highest BCUT2D eigenvalue weighted by Gasteiger charge is 2.27. The largest absolute Gasteiger partial charge is 0.497 e. The summed E-state index contributed by atoms with van der Waals surface area (Å²) < 4.78 is 24.5. The van der Waals surface area contributed by atoms with Crippen molar-refractivity contribution in [2.45, 2.75) is 18.9 Å². The van der Waals surface area contributed by atoms with Crippen LogP contribution in [0.4, 0.5) is 4.39 Å². The van der Waals surface area contributed by atoms with Gasteiger partial charge in [0.2, 0.25) is 0 Å². The SMILES string of the molecule is COc1ccc(Br)c(C(=O)N2CCCC(Oc3ncc(F)cn3)C2)c1. The molecule has 132 valence electrons. The van der Waals surface area contributed by atoms with Crippen LogP contribution >= 0.6 is 15.9 Å². The normalized spacial score (nSPS) is 17.2. The number of methoxy groups -OCH3 is 1. The van der Waals surface area contributed by atoms with Crippen LogP contribution < -0.4 is 9.47 Å². The summed E-state index contributed by atoms with van der Waals surface area (Å²) in [4.78, 5) is 22.2. The number of hydrogen-bond acceptors (Lipinski definition) is 5. The van der Waals surface area contributed by atoms with Gasteiger partial charge in [0.25, 0.3) is 5.91 Å². The lowest BCUT2D eigenvalue weighted by molar-refractivity contribution is 0.0514. The highest BCUT2D eigenvalue weighted by Crippen LogP contribution is 2.25. The molecule has 1 fully saturated rings. The maximum atomic E-state index is 12.9. The topological polar surface area (TPSA) is 64.5 Å². The lowest BCUT2D eigenvalue weighted by Gasteiger charge is -2.32. The van der Waals surface area contributed by atoms with Crippen molar-refractivity contribution < 1.29 is 18.7 Å². The van der Waals surface area contributed by atoms with Crippen LogP contribution in [-0.2, 0) is 0 Å². The molecule has 1 aliphatic heterocycles. The predicted molar refractivity (Wildman–Crippen MR) is 92.2 cm³/mol. The van der Waals surface area contributed by atoms with Crippen molar-refractivity contribution in [3.05, 3.63) is 46.4 Å². The number of amides is 1. The van der Waals surface area contributed by atoms with Gasteiger partial charge in [-0.1, -0.05) is 0 Å². The summed E-state index contributed by atoms with van der Waals surface area (Å²) in [6, 6.07) is 5.40. The van der Waals surface area contributed by atoms with Crippen LogP contribution in [0.1, 0.15) is 23.2 Å². The van der Waals surface area contributed by atoms with E-state index in [1.54, 1.807) is 30.2 Å². The molecule has 1 amide bonds. The van der Waals surface area contributed by atoms with E-state index in [1.807, 2.05) is 0 Å². The zero-order valence-corrected chi connectivity index (χ0v) is 15.2. The van der Waals surface area contributed by atoms with Crippen molar-refractivity contribution in [3.63, 3.8) is 0 Å². The minimum Gasteiger partial charge on any atom is -0.497 e. The lowest BCUT2D eigenvalue weighted by Crippen LogP contribution is -2.44. The van der Waals surface area contributed by atoms with Crippen LogP contribution in [0.5, 0.6) is 11.8 Å². The molecular weight excluding hydrogens is 393 g/mol. The first-order valence-corrected chi connectivity index (χ1v) is 8.63. The Balaban J connectivity index is 1.70. The highest BCUT2D eigenvalue weighted by atomic mass is 79.9. The Labute approximate surface area is 153 Å². The fourth-order valence-electron chi connectivity index (χ4n) is 2.69. The lowest BCUT2D eigenvalue weighted by atomic mass is 10.1. The van der Waals surface area contributed by atoms with Gasteiger partial charge in [-0.2, -0.15) is 0 Å². The molecule has 3 rings (SSSR count). The van der Waals surface area contributed by atoms with E-state index in [9.17, 15) is 9.18 Å². The third-order valence-corrected chi connectivity index (χ3v) is 4.63. The molecule has 1 aromatic carbocycles. The van der Waals surface area contributed by atoms with Gasteiger partial charge in [0.1, 0.15) is 11.9 Å². The van der Waals surface area contributed by atoms with Crippen LogP contribution in [0.25, 0.3) is 0 Å². The van der Waals surface area contributed by atoms with E-state index in [0.29, 0.717) is 28.9 Å². The molecule has 0 saturated carbocycles. The van der Waals surface area contributed by atoms with E-state index in [1.165, 1.54) is 0 Å². The van der Waals surface area contributed by atoms with Gasteiger partial charge in [-0.15, -0.1) is 0 Å².